The van der Waals surface area contributed by atoms with Crippen LogP contribution in [0, 0.1) is 6.92 Å². The van der Waals surface area contributed by atoms with Gasteiger partial charge < -0.3 is 4.74 Å². The van der Waals surface area contributed by atoms with Gasteiger partial charge in [-0.3, -0.25) is 0 Å². The summed E-state index contributed by atoms with van der Waals surface area (Å²) in [7, 11) is -3.70. The molecule has 33 heavy (non-hydrogen) atoms. The molecule has 0 radical (unpaired) electrons. The van der Waals surface area contributed by atoms with E-state index in [1.807, 2.05) is 25.1 Å². The van der Waals surface area contributed by atoms with Gasteiger partial charge in [0.05, 0.1) is 18.1 Å². The smallest absolute Gasteiger partial charge is 0.243 e. The van der Waals surface area contributed by atoms with Crippen molar-refractivity contribution < 1.29 is 13.2 Å². The summed E-state index contributed by atoms with van der Waals surface area (Å²) >= 11 is 6.51. The van der Waals surface area contributed by atoms with E-state index in [4.69, 9.17) is 16.3 Å². The number of nitrogens with zero attached hydrogens (tertiary/aromatic N) is 1. The molecule has 0 spiro atoms. The van der Waals surface area contributed by atoms with Gasteiger partial charge in [0, 0.05) is 18.1 Å². The maximum Gasteiger partial charge on any atom is 0.243 e. The number of ether oxygens (including phenoxy) is 1. The summed E-state index contributed by atoms with van der Waals surface area (Å²) < 4.78 is 34.2. The van der Waals surface area contributed by atoms with Gasteiger partial charge in [0.15, 0.2) is 0 Å². The quantitative estimate of drug-likeness (QED) is 0.508. The molecule has 0 atom stereocenters. The first kappa shape index (κ1) is 22.4. The molecule has 0 amide bonds. The number of halogens is 1. The number of sulfonamides is 1. The molecular formula is C27H26ClNO3S. The highest BCUT2D eigenvalue weighted by molar-refractivity contribution is 7.89. The van der Waals surface area contributed by atoms with Gasteiger partial charge >= 0.3 is 0 Å². The van der Waals surface area contributed by atoms with Crippen molar-refractivity contribution in [2.24, 2.45) is 0 Å². The Bertz CT molecular complexity index is 1290. The second-order valence-electron chi connectivity index (χ2n) is 8.53. The number of hydrogen-bond acceptors (Lipinski definition) is 3. The van der Waals surface area contributed by atoms with Crippen LogP contribution < -0.4 is 0 Å². The van der Waals surface area contributed by atoms with Gasteiger partial charge in [-0.1, -0.05) is 60.1 Å². The number of rotatable bonds is 3. The van der Waals surface area contributed by atoms with Crippen molar-refractivity contribution in [2.75, 3.05) is 26.3 Å². The monoisotopic (exact) mass is 479 g/mol. The van der Waals surface area contributed by atoms with Crippen LogP contribution in [0.4, 0.5) is 0 Å². The first-order chi connectivity index (χ1) is 15.9. The maximum atomic E-state index is 13.7. The van der Waals surface area contributed by atoms with Crippen LogP contribution in [0.3, 0.4) is 0 Å². The molecule has 1 fully saturated rings. The number of aryl methyl sites for hydroxylation is 3. The summed E-state index contributed by atoms with van der Waals surface area (Å²) in [5.41, 5.74) is 7.16. The fourth-order valence-corrected chi connectivity index (χ4v) is 6.48. The van der Waals surface area contributed by atoms with Crippen molar-refractivity contribution in [1.29, 1.82) is 0 Å². The fourth-order valence-electron chi connectivity index (χ4n) is 4.66. The van der Waals surface area contributed by atoms with Gasteiger partial charge in [-0.05, 0) is 76.9 Å². The summed E-state index contributed by atoms with van der Waals surface area (Å²) in [4.78, 5) is 0.290. The van der Waals surface area contributed by atoms with Crippen LogP contribution in [-0.4, -0.2) is 39.0 Å². The molecule has 1 heterocycles. The van der Waals surface area contributed by atoms with Crippen LogP contribution in [0.15, 0.2) is 65.6 Å². The lowest BCUT2D eigenvalue weighted by atomic mass is 9.92. The summed E-state index contributed by atoms with van der Waals surface area (Å²) in [6.07, 6.45) is 3.89. The van der Waals surface area contributed by atoms with E-state index < -0.39 is 10.0 Å². The Hall–Kier alpha value is -2.44. The maximum absolute atomic E-state index is 13.7. The molecule has 1 aliphatic carbocycles. The number of benzene rings is 3. The second-order valence-corrected chi connectivity index (χ2v) is 10.8. The molecular weight excluding hydrogens is 454 g/mol. The Kier molecular flexibility index (Phi) is 6.14. The summed E-state index contributed by atoms with van der Waals surface area (Å²) in [5.74, 6) is 0. The Labute approximate surface area is 200 Å². The molecule has 4 nitrogen and oxygen atoms in total. The highest BCUT2D eigenvalue weighted by atomic mass is 35.5. The van der Waals surface area contributed by atoms with Gasteiger partial charge in [-0.15, -0.1) is 0 Å². The third-order valence-corrected chi connectivity index (χ3v) is 8.82. The van der Waals surface area contributed by atoms with E-state index >= 15 is 0 Å². The molecule has 0 saturated carbocycles. The Morgan fingerprint density at radius 1 is 0.909 bits per heavy atom. The van der Waals surface area contributed by atoms with Crippen molar-refractivity contribution in [3.05, 3.63) is 99.1 Å². The predicted molar refractivity (Wildman–Crippen MR) is 133 cm³/mol. The third-order valence-electron chi connectivity index (χ3n) is 6.46. The van der Waals surface area contributed by atoms with E-state index in [-0.39, 0.29) is 4.90 Å². The lowest BCUT2D eigenvalue weighted by molar-refractivity contribution is 0.0730. The van der Waals surface area contributed by atoms with Crippen molar-refractivity contribution in [2.45, 2.75) is 24.7 Å². The minimum Gasteiger partial charge on any atom is -0.379 e. The zero-order chi connectivity index (χ0) is 23.0. The fraction of sp³-hybridized carbons (Fsp3) is 0.259. The van der Waals surface area contributed by atoms with E-state index in [0.29, 0.717) is 36.9 Å². The van der Waals surface area contributed by atoms with E-state index in [0.717, 1.165) is 35.1 Å². The van der Waals surface area contributed by atoms with Gasteiger partial charge in [0.2, 0.25) is 10.0 Å². The van der Waals surface area contributed by atoms with Gasteiger partial charge in [0.25, 0.3) is 0 Å². The third kappa shape index (κ3) is 4.26. The van der Waals surface area contributed by atoms with E-state index in [2.05, 4.69) is 36.4 Å². The summed E-state index contributed by atoms with van der Waals surface area (Å²) in [5, 5.41) is 0.554. The molecule has 2 aliphatic rings. The number of fused-ring (bicyclic) bond motifs is 2. The van der Waals surface area contributed by atoms with Crippen molar-refractivity contribution in [1.82, 2.24) is 4.31 Å². The zero-order valence-corrected chi connectivity index (χ0v) is 20.1. The first-order valence-electron chi connectivity index (χ1n) is 11.2. The molecule has 0 N–H and O–H groups in total. The molecule has 0 bridgehead atoms. The second kappa shape index (κ2) is 9.07. The summed E-state index contributed by atoms with van der Waals surface area (Å²) in [6.45, 7) is 3.36. The molecule has 0 unspecified atom stereocenters. The van der Waals surface area contributed by atoms with E-state index in [1.54, 1.807) is 12.1 Å². The first-order valence-corrected chi connectivity index (χ1v) is 13.0. The molecule has 1 saturated heterocycles. The van der Waals surface area contributed by atoms with Gasteiger partial charge in [-0.25, -0.2) is 8.42 Å². The Morgan fingerprint density at radius 3 is 2.09 bits per heavy atom. The van der Waals surface area contributed by atoms with Crippen molar-refractivity contribution in [3.63, 3.8) is 0 Å². The van der Waals surface area contributed by atoms with E-state index in [9.17, 15) is 8.42 Å². The standard InChI is InChI=1S/C27H26ClNO3S/c1-19-16-27(33(30,31)29-12-14-32-15-13-29)22(18-26(19)28)17-25-23-8-4-2-6-20(23)10-11-21-7-3-5-9-24(21)25/h2-9,16-18H,10-15H2,1H3. The molecule has 0 aromatic heterocycles. The topological polar surface area (TPSA) is 46.6 Å². The molecule has 3 aromatic rings. The SMILES string of the molecule is Cc1cc(S(=O)(=O)N2CCOCC2)c(C=C2c3ccccc3CCc3ccccc32)cc1Cl. The average molecular weight is 480 g/mol. The molecule has 1 aliphatic heterocycles. The zero-order valence-electron chi connectivity index (χ0n) is 18.6. The van der Waals surface area contributed by atoms with Crippen LogP contribution in [0.2, 0.25) is 5.02 Å². The molecule has 6 heteroatoms. The van der Waals surface area contributed by atoms with Crippen LogP contribution in [0.25, 0.3) is 11.6 Å². The lowest BCUT2D eigenvalue weighted by Gasteiger charge is -2.27. The van der Waals surface area contributed by atoms with Crippen LogP contribution in [-0.2, 0) is 27.6 Å². The molecule has 3 aromatic carbocycles. The van der Waals surface area contributed by atoms with Crippen LogP contribution in [0.1, 0.15) is 33.4 Å². The van der Waals surface area contributed by atoms with Crippen molar-refractivity contribution >= 4 is 33.3 Å². The normalized spacial score (nSPS) is 16.6. The van der Waals surface area contributed by atoms with Gasteiger partial charge in [0.1, 0.15) is 0 Å². The minimum absolute atomic E-state index is 0.290. The van der Waals surface area contributed by atoms with Crippen LogP contribution >= 0.6 is 11.6 Å². The predicted octanol–water partition coefficient (Wildman–Crippen LogP) is 5.36. The summed E-state index contributed by atoms with van der Waals surface area (Å²) in [6, 6.07) is 20.2. The largest absolute Gasteiger partial charge is 0.379 e. The van der Waals surface area contributed by atoms with Crippen molar-refractivity contribution in [3.8, 4) is 0 Å². The lowest BCUT2D eigenvalue weighted by Crippen LogP contribution is -2.40. The number of hydrogen-bond donors (Lipinski definition) is 0. The van der Waals surface area contributed by atoms with Crippen LogP contribution in [0.5, 0.6) is 0 Å². The highest BCUT2D eigenvalue weighted by Gasteiger charge is 2.29. The minimum atomic E-state index is -3.70. The number of morpholine rings is 1. The Morgan fingerprint density at radius 2 is 1.48 bits per heavy atom. The van der Waals surface area contributed by atoms with E-state index in [1.165, 1.54) is 15.4 Å². The highest BCUT2D eigenvalue weighted by Crippen LogP contribution is 2.37. The molecule has 170 valence electrons. The Balaban J connectivity index is 1.74. The average Bonchev–Trinajstić information content (AvgIpc) is 2.99. The van der Waals surface area contributed by atoms with Gasteiger partial charge in [-0.2, -0.15) is 4.31 Å². The molecule has 5 rings (SSSR count).